The Bertz CT molecular complexity index is 368. The second kappa shape index (κ2) is 6.99. The third-order valence-corrected chi connectivity index (χ3v) is 5.63. The van der Waals surface area contributed by atoms with E-state index >= 15 is 0 Å². The first-order chi connectivity index (χ1) is 9.14. The van der Waals surface area contributed by atoms with Gasteiger partial charge in [0.1, 0.15) is 0 Å². The summed E-state index contributed by atoms with van der Waals surface area (Å²) >= 11 is 0. The van der Waals surface area contributed by atoms with E-state index in [0.717, 1.165) is 32.4 Å². The molecule has 2 heterocycles. The van der Waals surface area contributed by atoms with Crippen LogP contribution < -0.4 is 5.32 Å². The predicted molar refractivity (Wildman–Crippen MR) is 74.2 cm³/mol. The highest BCUT2D eigenvalue weighted by atomic mass is 32.2. The molecule has 0 saturated carbocycles. The largest absolute Gasteiger partial charge is 0.377 e. The molecule has 0 aromatic heterocycles. The molecule has 112 valence electrons. The van der Waals surface area contributed by atoms with Crippen LogP contribution in [0.1, 0.15) is 26.2 Å². The Morgan fingerprint density at radius 1 is 1.21 bits per heavy atom. The van der Waals surface area contributed by atoms with Crippen molar-refractivity contribution in [2.75, 3.05) is 45.9 Å². The normalized spacial score (nSPS) is 27.5. The van der Waals surface area contributed by atoms with Crippen LogP contribution in [-0.4, -0.2) is 69.0 Å². The highest BCUT2D eigenvalue weighted by molar-refractivity contribution is 7.86. The van der Waals surface area contributed by atoms with E-state index in [1.807, 2.05) is 0 Å². The van der Waals surface area contributed by atoms with Crippen LogP contribution in [0, 0.1) is 0 Å². The molecule has 0 aromatic carbocycles. The van der Waals surface area contributed by atoms with E-state index in [2.05, 4.69) is 12.2 Å². The molecule has 2 aliphatic rings. The fourth-order valence-corrected chi connectivity index (χ4v) is 4.26. The van der Waals surface area contributed by atoms with Gasteiger partial charge < -0.3 is 10.1 Å². The monoisotopic (exact) mass is 291 g/mol. The van der Waals surface area contributed by atoms with Gasteiger partial charge in [0.25, 0.3) is 10.2 Å². The predicted octanol–water partition coefficient (Wildman–Crippen LogP) is 0.0274. The summed E-state index contributed by atoms with van der Waals surface area (Å²) in [7, 11) is -3.30. The Hall–Kier alpha value is -0.210. The Morgan fingerprint density at radius 2 is 1.95 bits per heavy atom. The summed E-state index contributed by atoms with van der Waals surface area (Å²) in [5, 5.41) is 3.18. The number of ether oxygens (including phenoxy) is 1. The third-order valence-electron chi connectivity index (χ3n) is 3.63. The van der Waals surface area contributed by atoms with Crippen molar-refractivity contribution in [2.45, 2.75) is 32.3 Å². The number of piperidine rings is 1. The zero-order chi connectivity index (χ0) is 13.7. The summed E-state index contributed by atoms with van der Waals surface area (Å²) < 4.78 is 34.0. The minimum atomic E-state index is -3.30. The lowest BCUT2D eigenvalue weighted by molar-refractivity contribution is 0.0180. The van der Waals surface area contributed by atoms with Gasteiger partial charge in [0.05, 0.1) is 6.10 Å². The molecule has 2 rings (SSSR count). The second-order valence-electron chi connectivity index (χ2n) is 5.15. The number of hydrogen-bond donors (Lipinski definition) is 1. The van der Waals surface area contributed by atoms with Crippen LogP contribution in [0.25, 0.3) is 0 Å². The van der Waals surface area contributed by atoms with Crippen molar-refractivity contribution in [3.63, 3.8) is 0 Å². The van der Waals surface area contributed by atoms with Gasteiger partial charge in [-0.3, -0.25) is 0 Å². The maximum atomic E-state index is 12.5. The highest BCUT2D eigenvalue weighted by Gasteiger charge is 2.34. The van der Waals surface area contributed by atoms with Crippen LogP contribution >= 0.6 is 0 Å². The van der Waals surface area contributed by atoms with E-state index in [-0.39, 0.29) is 6.10 Å². The van der Waals surface area contributed by atoms with E-state index in [1.54, 1.807) is 8.61 Å². The third kappa shape index (κ3) is 3.88. The zero-order valence-corrected chi connectivity index (χ0v) is 12.5. The van der Waals surface area contributed by atoms with Crippen molar-refractivity contribution in [1.82, 2.24) is 13.9 Å². The minimum absolute atomic E-state index is 0.0615. The molecule has 1 N–H and O–H groups in total. The lowest BCUT2D eigenvalue weighted by atomic mass is 10.1. The standard InChI is InChI=1S/C12H25N3O3S/c1-2-10-18-12-4-3-7-15(11-12)19(16,17)14-8-5-13-6-9-14/h12-13H,2-11H2,1H3. The van der Waals surface area contributed by atoms with Gasteiger partial charge in [0, 0.05) is 45.9 Å². The Labute approximate surface area is 116 Å². The van der Waals surface area contributed by atoms with Crippen LogP contribution in [0.4, 0.5) is 0 Å². The molecule has 1 unspecified atom stereocenters. The quantitative estimate of drug-likeness (QED) is 0.776. The minimum Gasteiger partial charge on any atom is -0.377 e. The highest BCUT2D eigenvalue weighted by Crippen LogP contribution is 2.19. The molecule has 19 heavy (non-hydrogen) atoms. The lowest BCUT2D eigenvalue weighted by Crippen LogP contribution is -2.54. The van der Waals surface area contributed by atoms with E-state index in [9.17, 15) is 8.42 Å². The number of nitrogens with one attached hydrogen (secondary N) is 1. The Balaban J connectivity index is 1.95. The van der Waals surface area contributed by atoms with Crippen LogP contribution in [-0.2, 0) is 14.9 Å². The molecule has 2 fully saturated rings. The molecule has 2 saturated heterocycles. The number of nitrogens with zero attached hydrogens (tertiary/aromatic N) is 2. The average Bonchev–Trinajstić information content (AvgIpc) is 2.46. The molecular weight excluding hydrogens is 266 g/mol. The topological polar surface area (TPSA) is 61.9 Å². The van der Waals surface area contributed by atoms with Crippen molar-refractivity contribution in [3.05, 3.63) is 0 Å². The van der Waals surface area contributed by atoms with Gasteiger partial charge in [-0.25, -0.2) is 0 Å². The van der Waals surface area contributed by atoms with Crippen molar-refractivity contribution in [2.24, 2.45) is 0 Å². The van der Waals surface area contributed by atoms with Crippen molar-refractivity contribution < 1.29 is 13.2 Å². The fourth-order valence-electron chi connectivity index (χ4n) is 2.57. The molecular formula is C12H25N3O3S. The van der Waals surface area contributed by atoms with Gasteiger partial charge >= 0.3 is 0 Å². The summed E-state index contributed by atoms with van der Waals surface area (Å²) in [6.07, 6.45) is 2.89. The first kappa shape index (κ1) is 15.2. The molecule has 0 bridgehead atoms. The van der Waals surface area contributed by atoms with Gasteiger partial charge in [0.15, 0.2) is 0 Å². The molecule has 0 aromatic rings. The molecule has 6 nitrogen and oxygen atoms in total. The summed E-state index contributed by atoms with van der Waals surface area (Å²) in [5.41, 5.74) is 0. The number of rotatable bonds is 5. The van der Waals surface area contributed by atoms with E-state index in [4.69, 9.17) is 4.74 Å². The van der Waals surface area contributed by atoms with Gasteiger partial charge in [-0.2, -0.15) is 17.0 Å². The van der Waals surface area contributed by atoms with Gasteiger partial charge in [0.2, 0.25) is 0 Å². The van der Waals surface area contributed by atoms with Crippen molar-refractivity contribution >= 4 is 10.2 Å². The van der Waals surface area contributed by atoms with Crippen LogP contribution in [0.15, 0.2) is 0 Å². The molecule has 1 atom stereocenters. The summed E-state index contributed by atoms with van der Waals surface area (Å²) in [6, 6.07) is 0. The first-order valence-corrected chi connectivity index (χ1v) is 8.62. The van der Waals surface area contributed by atoms with Crippen LogP contribution in [0.2, 0.25) is 0 Å². The maximum Gasteiger partial charge on any atom is 0.282 e. The average molecular weight is 291 g/mol. The molecule has 0 radical (unpaired) electrons. The van der Waals surface area contributed by atoms with Gasteiger partial charge in [-0.1, -0.05) is 6.92 Å². The van der Waals surface area contributed by atoms with Crippen molar-refractivity contribution in [3.8, 4) is 0 Å². The molecule has 0 spiro atoms. The summed E-state index contributed by atoms with van der Waals surface area (Å²) in [6.45, 7) is 6.53. The van der Waals surface area contributed by atoms with Crippen LogP contribution in [0.5, 0.6) is 0 Å². The molecule has 2 aliphatic heterocycles. The van der Waals surface area contributed by atoms with Crippen molar-refractivity contribution in [1.29, 1.82) is 0 Å². The van der Waals surface area contributed by atoms with Gasteiger partial charge in [-0.05, 0) is 19.3 Å². The number of hydrogen-bond acceptors (Lipinski definition) is 4. The smallest absolute Gasteiger partial charge is 0.282 e. The number of piperazine rings is 1. The van der Waals surface area contributed by atoms with Gasteiger partial charge in [-0.15, -0.1) is 0 Å². The first-order valence-electron chi connectivity index (χ1n) is 7.22. The summed E-state index contributed by atoms with van der Waals surface area (Å²) in [5.74, 6) is 0. The molecule has 0 amide bonds. The van der Waals surface area contributed by atoms with E-state index < -0.39 is 10.2 Å². The lowest BCUT2D eigenvalue weighted by Gasteiger charge is -2.36. The van der Waals surface area contributed by atoms with Crippen LogP contribution in [0.3, 0.4) is 0 Å². The molecule has 0 aliphatic carbocycles. The maximum absolute atomic E-state index is 12.5. The second-order valence-corrected chi connectivity index (χ2v) is 7.08. The van der Waals surface area contributed by atoms with E-state index in [0.29, 0.717) is 32.8 Å². The Kier molecular flexibility index (Phi) is 5.58. The Morgan fingerprint density at radius 3 is 2.63 bits per heavy atom. The van der Waals surface area contributed by atoms with E-state index in [1.165, 1.54) is 0 Å². The SMILES string of the molecule is CCCOC1CCCN(S(=O)(=O)N2CCNCC2)C1. The fraction of sp³-hybridized carbons (Fsp3) is 1.00. The zero-order valence-electron chi connectivity index (χ0n) is 11.7. The summed E-state index contributed by atoms with van der Waals surface area (Å²) in [4.78, 5) is 0. The molecule has 7 heteroatoms.